The van der Waals surface area contributed by atoms with Gasteiger partial charge in [0.05, 0.1) is 0 Å². The van der Waals surface area contributed by atoms with E-state index in [1.165, 1.54) is 11.3 Å². The number of fused-ring (bicyclic) bond motifs is 1. The Bertz CT molecular complexity index is 505. The molecule has 0 fully saturated rings. The van der Waals surface area contributed by atoms with E-state index in [4.69, 9.17) is 5.73 Å². The minimum Gasteiger partial charge on any atom is -0.326 e. The van der Waals surface area contributed by atoms with Crippen LogP contribution >= 0.6 is 0 Å². The number of likely N-dealkylation sites (N-methyl/N-ethyl adjacent to an activating group) is 1. The lowest BCUT2D eigenvalue weighted by molar-refractivity contribution is 0.260. The monoisotopic (exact) mass is 263 g/mol. The molecule has 4 heteroatoms. The van der Waals surface area contributed by atoms with E-state index in [9.17, 15) is 4.79 Å². The Morgan fingerprint density at radius 2 is 2.16 bits per heavy atom. The highest BCUT2D eigenvalue weighted by Gasteiger charge is 2.20. The van der Waals surface area contributed by atoms with Gasteiger partial charge in [0.1, 0.15) is 0 Å². The van der Waals surface area contributed by atoms with Crippen LogP contribution in [-0.2, 0) is 26.1 Å². The molecule has 0 bridgehead atoms. The zero-order chi connectivity index (χ0) is 14.0. The van der Waals surface area contributed by atoms with Crippen molar-refractivity contribution >= 4 is 0 Å². The summed E-state index contributed by atoms with van der Waals surface area (Å²) >= 11 is 0. The lowest BCUT2D eigenvalue weighted by Crippen LogP contribution is -2.38. The molecule has 0 amide bonds. The number of hydrogen-bond donors (Lipinski definition) is 1. The van der Waals surface area contributed by atoms with E-state index in [2.05, 4.69) is 25.7 Å². The molecular formula is C15H25N3O. The lowest BCUT2D eigenvalue weighted by atomic mass is 10.0. The predicted molar refractivity (Wildman–Crippen MR) is 78.1 cm³/mol. The van der Waals surface area contributed by atoms with Crippen LogP contribution in [0.3, 0.4) is 0 Å². The first kappa shape index (κ1) is 14.3. The number of nitrogens with two attached hydrogens (primary N) is 1. The quantitative estimate of drug-likeness (QED) is 0.892. The molecule has 1 aliphatic heterocycles. The van der Waals surface area contributed by atoms with Crippen molar-refractivity contribution in [3.05, 3.63) is 33.2 Å². The summed E-state index contributed by atoms with van der Waals surface area (Å²) in [6, 6.07) is 2.02. The third kappa shape index (κ3) is 2.90. The molecule has 0 atom stereocenters. The zero-order valence-corrected chi connectivity index (χ0v) is 12.3. The van der Waals surface area contributed by atoms with Crippen LogP contribution < -0.4 is 11.3 Å². The van der Waals surface area contributed by atoms with Gasteiger partial charge >= 0.3 is 0 Å². The number of aromatic nitrogens is 1. The Hall–Kier alpha value is -1.13. The van der Waals surface area contributed by atoms with Crippen molar-refractivity contribution in [2.75, 3.05) is 13.1 Å². The van der Waals surface area contributed by atoms with Crippen LogP contribution in [0.2, 0.25) is 0 Å². The average molecular weight is 263 g/mol. The van der Waals surface area contributed by atoms with Crippen molar-refractivity contribution in [1.29, 1.82) is 0 Å². The molecule has 0 saturated carbocycles. The summed E-state index contributed by atoms with van der Waals surface area (Å²) in [5.41, 5.74) is 9.09. The molecule has 0 radical (unpaired) electrons. The molecular weight excluding hydrogens is 238 g/mol. The SMILES string of the molecule is CCN1CCc2c(cc(CN)c(=O)n2CC(C)C)C1. The fraction of sp³-hybridized carbons (Fsp3) is 0.667. The first-order valence-electron chi connectivity index (χ1n) is 7.23. The largest absolute Gasteiger partial charge is 0.326 e. The van der Waals surface area contributed by atoms with Crippen LogP contribution in [0.4, 0.5) is 0 Å². The summed E-state index contributed by atoms with van der Waals surface area (Å²) in [7, 11) is 0. The van der Waals surface area contributed by atoms with E-state index in [-0.39, 0.29) is 5.56 Å². The maximum Gasteiger partial charge on any atom is 0.255 e. The van der Waals surface area contributed by atoms with Crippen molar-refractivity contribution in [2.45, 2.75) is 46.8 Å². The normalized spacial score (nSPS) is 15.8. The smallest absolute Gasteiger partial charge is 0.255 e. The molecule has 0 saturated heterocycles. The maximum atomic E-state index is 12.4. The molecule has 2 rings (SSSR count). The van der Waals surface area contributed by atoms with Crippen molar-refractivity contribution in [2.24, 2.45) is 11.7 Å². The van der Waals surface area contributed by atoms with Gasteiger partial charge in [-0.3, -0.25) is 9.69 Å². The Morgan fingerprint density at radius 1 is 1.42 bits per heavy atom. The van der Waals surface area contributed by atoms with Crippen molar-refractivity contribution in [3.8, 4) is 0 Å². The minimum absolute atomic E-state index is 0.111. The van der Waals surface area contributed by atoms with E-state index < -0.39 is 0 Å². The summed E-state index contributed by atoms with van der Waals surface area (Å²) in [6.45, 7) is 10.6. The minimum atomic E-state index is 0.111. The molecule has 19 heavy (non-hydrogen) atoms. The van der Waals surface area contributed by atoms with Gasteiger partial charge in [-0.15, -0.1) is 0 Å². The Balaban J connectivity index is 2.49. The first-order valence-corrected chi connectivity index (χ1v) is 7.23. The van der Waals surface area contributed by atoms with Crippen LogP contribution in [0, 0.1) is 5.92 Å². The average Bonchev–Trinajstić information content (AvgIpc) is 2.40. The third-order valence-corrected chi connectivity index (χ3v) is 3.84. The van der Waals surface area contributed by atoms with E-state index >= 15 is 0 Å². The van der Waals surface area contributed by atoms with E-state index in [0.717, 1.165) is 38.2 Å². The highest BCUT2D eigenvalue weighted by Crippen LogP contribution is 2.19. The first-order chi connectivity index (χ1) is 9.06. The molecule has 1 aromatic rings. The summed E-state index contributed by atoms with van der Waals surface area (Å²) in [6.07, 6.45) is 0.968. The molecule has 1 aliphatic rings. The molecule has 2 heterocycles. The highest BCUT2D eigenvalue weighted by atomic mass is 16.1. The number of pyridine rings is 1. The topological polar surface area (TPSA) is 51.3 Å². The number of nitrogens with zero attached hydrogens (tertiary/aromatic N) is 2. The fourth-order valence-corrected chi connectivity index (χ4v) is 2.82. The molecule has 4 nitrogen and oxygen atoms in total. The van der Waals surface area contributed by atoms with Crippen LogP contribution in [0.1, 0.15) is 37.6 Å². The summed E-state index contributed by atoms with van der Waals surface area (Å²) in [5.74, 6) is 0.471. The predicted octanol–water partition coefficient (Wildman–Crippen LogP) is 1.34. The second-order valence-electron chi connectivity index (χ2n) is 5.77. The van der Waals surface area contributed by atoms with Crippen molar-refractivity contribution < 1.29 is 0 Å². The van der Waals surface area contributed by atoms with Gasteiger partial charge in [0, 0.05) is 43.9 Å². The van der Waals surface area contributed by atoms with Gasteiger partial charge in [0.15, 0.2) is 0 Å². The Kier molecular flexibility index (Phi) is 4.42. The van der Waals surface area contributed by atoms with Gasteiger partial charge in [-0.25, -0.2) is 0 Å². The fourth-order valence-electron chi connectivity index (χ4n) is 2.82. The van der Waals surface area contributed by atoms with Crippen molar-refractivity contribution in [1.82, 2.24) is 9.47 Å². The van der Waals surface area contributed by atoms with Gasteiger partial charge < -0.3 is 10.3 Å². The standard InChI is InChI=1S/C15H25N3O/c1-4-17-6-5-14-13(10-17)7-12(8-16)15(19)18(14)9-11(2)3/h7,11H,4-6,8-10,16H2,1-3H3. The molecule has 0 spiro atoms. The summed E-state index contributed by atoms with van der Waals surface area (Å²) in [5, 5.41) is 0. The Morgan fingerprint density at radius 3 is 2.74 bits per heavy atom. The number of hydrogen-bond acceptors (Lipinski definition) is 3. The molecule has 1 aromatic heterocycles. The van der Waals surface area contributed by atoms with Crippen LogP contribution in [0.25, 0.3) is 0 Å². The molecule has 106 valence electrons. The Labute approximate surface area is 115 Å². The molecule has 0 unspecified atom stereocenters. The summed E-state index contributed by atoms with van der Waals surface area (Å²) < 4.78 is 1.97. The van der Waals surface area contributed by atoms with Crippen LogP contribution in [0.5, 0.6) is 0 Å². The van der Waals surface area contributed by atoms with Gasteiger partial charge in [-0.1, -0.05) is 20.8 Å². The lowest BCUT2D eigenvalue weighted by Gasteiger charge is -2.30. The summed E-state index contributed by atoms with van der Waals surface area (Å²) in [4.78, 5) is 14.8. The molecule has 0 aliphatic carbocycles. The maximum absolute atomic E-state index is 12.4. The zero-order valence-electron chi connectivity index (χ0n) is 12.3. The second-order valence-corrected chi connectivity index (χ2v) is 5.77. The third-order valence-electron chi connectivity index (χ3n) is 3.84. The van der Waals surface area contributed by atoms with E-state index in [0.29, 0.717) is 12.5 Å². The highest BCUT2D eigenvalue weighted by molar-refractivity contribution is 5.29. The van der Waals surface area contributed by atoms with Gasteiger partial charge in [-0.05, 0) is 24.1 Å². The molecule has 2 N–H and O–H groups in total. The van der Waals surface area contributed by atoms with E-state index in [1.807, 2.05) is 10.6 Å². The van der Waals surface area contributed by atoms with Crippen LogP contribution in [-0.4, -0.2) is 22.6 Å². The van der Waals surface area contributed by atoms with Crippen LogP contribution in [0.15, 0.2) is 10.9 Å². The van der Waals surface area contributed by atoms with Gasteiger partial charge in [0.25, 0.3) is 5.56 Å². The van der Waals surface area contributed by atoms with Gasteiger partial charge in [-0.2, -0.15) is 0 Å². The number of rotatable bonds is 4. The van der Waals surface area contributed by atoms with Gasteiger partial charge in [0.2, 0.25) is 0 Å². The van der Waals surface area contributed by atoms with E-state index in [1.54, 1.807) is 0 Å². The molecule has 0 aromatic carbocycles. The second kappa shape index (κ2) is 5.88. The van der Waals surface area contributed by atoms with Crippen molar-refractivity contribution in [3.63, 3.8) is 0 Å².